The normalized spacial score (nSPS) is 22.0. The van der Waals surface area contributed by atoms with Crippen LogP contribution in [-0.4, -0.2) is 53.3 Å². The SMILES string of the molecule is CCS(=O)(=O)c1cc(NC(=O)N[C@H]2CC[C@@H](Oc3ccc4nnc([C@]5(C)CCCN5C)n4c3)c3ccccc32)cc(C(C)(C)C)c1. The van der Waals surface area contributed by atoms with Crippen LogP contribution in [-0.2, 0) is 20.8 Å². The van der Waals surface area contributed by atoms with Gasteiger partial charge in [-0.3, -0.25) is 9.30 Å². The number of carbonyl (C=O) groups excluding carboxylic acids is 1. The lowest BCUT2D eigenvalue weighted by Gasteiger charge is -2.32. The minimum absolute atomic E-state index is 0.0146. The number of urea groups is 1. The summed E-state index contributed by atoms with van der Waals surface area (Å²) in [5, 5.41) is 15.0. The Kier molecular flexibility index (Phi) is 8.35. The molecule has 11 heteroatoms. The number of rotatable bonds is 7. The lowest BCUT2D eigenvalue weighted by molar-refractivity contribution is 0.170. The average Bonchev–Trinajstić information content (AvgIpc) is 3.60. The smallest absolute Gasteiger partial charge is 0.319 e. The number of hydrogen-bond acceptors (Lipinski definition) is 7. The molecular formula is C35H44N6O4S. The molecule has 3 heterocycles. The van der Waals surface area contributed by atoms with E-state index in [-0.39, 0.29) is 39.8 Å². The average molecular weight is 645 g/mol. The molecule has 0 bridgehead atoms. The number of hydrogen-bond donors (Lipinski definition) is 2. The van der Waals surface area contributed by atoms with E-state index in [4.69, 9.17) is 4.74 Å². The summed E-state index contributed by atoms with van der Waals surface area (Å²) in [6, 6.07) is 16.4. The molecule has 1 saturated heterocycles. The predicted octanol–water partition coefficient (Wildman–Crippen LogP) is 6.54. The highest BCUT2D eigenvalue weighted by atomic mass is 32.2. The van der Waals surface area contributed by atoms with E-state index in [1.807, 2.05) is 67.8 Å². The summed E-state index contributed by atoms with van der Waals surface area (Å²) in [6.45, 7) is 10.9. The molecule has 4 aromatic rings. The van der Waals surface area contributed by atoms with Gasteiger partial charge in [0, 0.05) is 5.69 Å². The molecule has 2 aliphatic rings. The highest BCUT2D eigenvalue weighted by Crippen LogP contribution is 2.40. The first kappa shape index (κ1) is 32.0. The van der Waals surface area contributed by atoms with Crippen LogP contribution < -0.4 is 15.4 Å². The number of benzene rings is 2. The number of ether oxygens (including phenoxy) is 1. The second-order valence-corrected chi connectivity index (χ2v) is 16.1. The number of anilines is 1. The van der Waals surface area contributed by atoms with Crippen molar-refractivity contribution in [3.63, 3.8) is 0 Å². The van der Waals surface area contributed by atoms with Crippen molar-refractivity contribution < 1.29 is 17.9 Å². The van der Waals surface area contributed by atoms with Gasteiger partial charge in [-0.05, 0) is 98.6 Å². The van der Waals surface area contributed by atoms with E-state index in [0.717, 1.165) is 53.3 Å². The number of likely N-dealkylation sites (tertiary alicyclic amines) is 1. The number of nitrogens with one attached hydrogen (secondary N) is 2. The van der Waals surface area contributed by atoms with Crippen LogP contribution in [0.15, 0.2) is 65.7 Å². The summed E-state index contributed by atoms with van der Waals surface area (Å²) in [5.41, 5.74) is 3.61. The molecule has 0 unspecified atom stereocenters. The van der Waals surface area contributed by atoms with E-state index in [2.05, 4.69) is 45.8 Å². The number of carbonyl (C=O) groups is 1. The van der Waals surface area contributed by atoms with Gasteiger partial charge in [0.15, 0.2) is 21.3 Å². The fourth-order valence-electron chi connectivity index (χ4n) is 6.65. The highest BCUT2D eigenvalue weighted by molar-refractivity contribution is 7.91. The zero-order chi connectivity index (χ0) is 32.9. The molecule has 46 heavy (non-hydrogen) atoms. The van der Waals surface area contributed by atoms with Crippen molar-refractivity contribution in [3.05, 3.63) is 83.3 Å². The maximum absolute atomic E-state index is 13.3. The Morgan fingerprint density at radius 3 is 2.52 bits per heavy atom. The van der Waals surface area contributed by atoms with Gasteiger partial charge >= 0.3 is 6.03 Å². The molecule has 10 nitrogen and oxygen atoms in total. The molecule has 0 saturated carbocycles. The quantitative estimate of drug-likeness (QED) is 0.235. The van der Waals surface area contributed by atoms with Gasteiger partial charge in [-0.15, -0.1) is 10.2 Å². The Balaban J connectivity index is 1.21. The molecule has 3 atom stereocenters. The predicted molar refractivity (Wildman–Crippen MR) is 179 cm³/mol. The van der Waals surface area contributed by atoms with E-state index in [9.17, 15) is 13.2 Å². The number of fused-ring (bicyclic) bond motifs is 2. The molecule has 2 N–H and O–H groups in total. The Bertz CT molecular complexity index is 1880. The van der Waals surface area contributed by atoms with Crippen LogP contribution in [0.1, 0.15) is 95.0 Å². The first-order valence-corrected chi connectivity index (χ1v) is 17.7. The van der Waals surface area contributed by atoms with Crippen LogP contribution in [0, 0.1) is 0 Å². The molecule has 1 fully saturated rings. The van der Waals surface area contributed by atoms with Gasteiger partial charge in [0.25, 0.3) is 0 Å². The number of pyridine rings is 1. The summed E-state index contributed by atoms with van der Waals surface area (Å²) < 4.78 is 34.1. The van der Waals surface area contributed by atoms with Gasteiger partial charge in [-0.1, -0.05) is 52.0 Å². The maximum Gasteiger partial charge on any atom is 0.319 e. The monoisotopic (exact) mass is 644 g/mol. The lowest BCUT2D eigenvalue weighted by Crippen LogP contribution is -2.37. The standard InChI is InChI=1S/C35H44N6O4S/c1-7-46(43,44)26-20-23(34(2,3)4)19-24(21-26)36-33(42)37-29-14-15-30(28-12-9-8-11-27(28)29)45-25-13-16-31-38-39-32(41(31)22-25)35(5)17-10-18-40(35)6/h8-9,11-13,16,19-22,29-30H,7,10,14-15,17-18H2,1-6H3,(H2,36,37,42)/t29-,30+,35-/m0/s1. The highest BCUT2D eigenvalue weighted by Gasteiger charge is 2.40. The second-order valence-electron chi connectivity index (χ2n) is 13.8. The van der Waals surface area contributed by atoms with Crippen LogP contribution >= 0.6 is 0 Å². The van der Waals surface area contributed by atoms with Crippen LogP contribution in [0.2, 0.25) is 0 Å². The van der Waals surface area contributed by atoms with Crippen LogP contribution in [0.3, 0.4) is 0 Å². The molecule has 0 spiro atoms. The van der Waals surface area contributed by atoms with Crippen molar-refractivity contribution in [2.75, 3.05) is 24.7 Å². The molecule has 6 rings (SSSR count). The third-order valence-corrected chi connectivity index (χ3v) is 11.4. The second kappa shape index (κ2) is 12.0. The summed E-state index contributed by atoms with van der Waals surface area (Å²) in [5.74, 6) is 1.64. The summed E-state index contributed by atoms with van der Waals surface area (Å²) >= 11 is 0. The van der Waals surface area contributed by atoms with Gasteiger partial charge in [0.1, 0.15) is 11.9 Å². The molecule has 0 radical (unpaired) electrons. The maximum atomic E-state index is 13.3. The molecule has 2 amide bonds. The third kappa shape index (κ3) is 6.10. The van der Waals surface area contributed by atoms with Crippen molar-refractivity contribution in [2.24, 2.45) is 0 Å². The van der Waals surface area contributed by atoms with Crippen LogP contribution in [0.5, 0.6) is 5.75 Å². The largest absolute Gasteiger partial charge is 0.484 e. The van der Waals surface area contributed by atoms with Gasteiger partial charge in [-0.25, -0.2) is 13.2 Å². The van der Waals surface area contributed by atoms with Crippen molar-refractivity contribution in [1.29, 1.82) is 0 Å². The van der Waals surface area contributed by atoms with Crippen LogP contribution in [0.25, 0.3) is 5.65 Å². The van der Waals surface area contributed by atoms with E-state index in [1.165, 1.54) is 6.07 Å². The van der Waals surface area contributed by atoms with Crippen molar-refractivity contribution in [2.45, 2.75) is 88.3 Å². The zero-order valence-electron chi connectivity index (χ0n) is 27.5. The molecular weight excluding hydrogens is 600 g/mol. The fraction of sp³-hybridized carbons (Fsp3) is 0.457. The van der Waals surface area contributed by atoms with Crippen molar-refractivity contribution >= 4 is 27.2 Å². The van der Waals surface area contributed by atoms with E-state index in [1.54, 1.807) is 13.0 Å². The Hall–Kier alpha value is -3.96. The molecule has 1 aliphatic carbocycles. The van der Waals surface area contributed by atoms with Crippen molar-refractivity contribution in [3.8, 4) is 5.75 Å². The van der Waals surface area contributed by atoms with E-state index >= 15 is 0 Å². The Labute approximate surface area is 271 Å². The summed E-state index contributed by atoms with van der Waals surface area (Å²) in [4.78, 5) is 15.9. The number of nitrogens with zero attached hydrogens (tertiary/aromatic N) is 4. The van der Waals surface area contributed by atoms with Crippen molar-refractivity contribution in [1.82, 2.24) is 24.8 Å². The first-order valence-electron chi connectivity index (χ1n) is 16.1. The Morgan fingerprint density at radius 1 is 1.07 bits per heavy atom. The van der Waals surface area contributed by atoms with E-state index < -0.39 is 9.84 Å². The molecule has 2 aromatic heterocycles. The molecule has 244 valence electrons. The molecule has 2 aromatic carbocycles. The van der Waals surface area contributed by atoms with Gasteiger partial charge in [-0.2, -0.15) is 0 Å². The zero-order valence-corrected chi connectivity index (χ0v) is 28.3. The minimum atomic E-state index is -3.46. The third-order valence-electron chi connectivity index (χ3n) is 9.65. The fourth-order valence-corrected chi connectivity index (χ4v) is 7.60. The summed E-state index contributed by atoms with van der Waals surface area (Å²) in [7, 11) is -1.32. The lowest BCUT2D eigenvalue weighted by atomic mass is 9.85. The first-order chi connectivity index (χ1) is 21.8. The molecule has 1 aliphatic heterocycles. The number of amides is 2. The topological polar surface area (TPSA) is 118 Å². The van der Waals surface area contributed by atoms with E-state index in [0.29, 0.717) is 18.5 Å². The van der Waals surface area contributed by atoms with Gasteiger partial charge < -0.3 is 15.4 Å². The minimum Gasteiger partial charge on any atom is -0.484 e. The number of aromatic nitrogens is 3. The van der Waals surface area contributed by atoms with Crippen LogP contribution in [0.4, 0.5) is 10.5 Å². The van der Waals surface area contributed by atoms with Gasteiger partial charge in [0.2, 0.25) is 0 Å². The number of sulfone groups is 1. The van der Waals surface area contributed by atoms with Gasteiger partial charge in [0.05, 0.1) is 28.4 Å². The summed E-state index contributed by atoms with van der Waals surface area (Å²) in [6.07, 6.45) is 5.32. The Morgan fingerprint density at radius 2 is 1.83 bits per heavy atom.